The first-order valence-corrected chi connectivity index (χ1v) is 11.0. The number of aromatic nitrogens is 2. The van der Waals surface area contributed by atoms with E-state index in [1.165, 1.54) is 16.8 Å². The summed E-state index contributed by atoms with van der Waals surface area (Å²) >= 11 is 0. The van der Waals surface area contributed by atoms with Gasteiger partial charge in [0, 0.05) is 22.1 Å². The number of hydrogen-bond donors (Lipinski definition) is 0. The average Bonchev–Trinajstić information content (AvgIpc) is 3.27. The normalized spacial score (nSPS) is 13.3. The summed E-state index contributed by atoms with van der Waals surface area (Å²) in [5.41, 5.74) is 7.51. The lowest BCUT2D eigenvalue weighted by Crippen LogP contribution is -2.08. The quantitative estimate of drug-likeness (QED) is 0.324. The molecule has 0 radical (unpaired) electrons. The minimum atomic E-state index is -2.21. The third kappa shape index (κ3) is 3.95. The fraction of sp³-hybridized carbons (Fsp3) is 0.276. The first kappa shape index (κ1) is 17.5. The van der Waals surface area contributed by atoms with Gasteiger partial charge < -0.3 is 0 Å². The van der Waals surface area contributed by atoms with Crippen molar-refractivity contribution in [3.63, 3.8) is 0 Å². The van der Waals surface area contributed by atoms with Crippen LogP contribution in [0.5, 0.6) is 0 Å². The molecule has 2 heteroatoms. The highest BCUT2D eigenvalue weighted by Gasteiger charge is 2.20. The van der Waals surface area contributed by atoms with Crippen molar-refractivity contribution in [2.75, 3.05) is 0 Å². The van der Waals surface area contributed by atoms with E-state index >= 15 is 0 Å². The molecular formula is C29H32N2. The number of para-hydroxylation sites is 1. The summed E-state index contributed by atoms with van der Waals surface area (Å²) in [6, 6.07) is 20.1. The van der Waals surface area contributed by atoms with Gasteiger partial charge in [-0.15, -0.1) is 0 Å². The molecule has 1 heterocycles. The van der Waals surface area contributed by atoms with Gasteiger partial charge in [0.25, 0.3) is 0 Å². The van der Waals surface area contributed by atoms with E-state index in [9.17, 15) is 0 Å². The van der Waals surface area contributed by atoms with E-state index in [1.807, 2.05) is 55.7 Å². The minimum Gasteiger partial charge on any atom is -0.299 e. The van der Waals surface area contributed by atoms with Crippen molar-refractivity contribution in [1.29, 1.82) is 0 Å². The molecule has 0 unspecified atom stereocenters. The van der Waals surface area contributed by atoms with Crippen molar-refractivity contribution in [3.8, 4) is 28.2 Å². The summed E-state index contributed by atoms with van der Waals surface area (Å²) in [6.07, 6.45) is 3.84. The molecule has 31 heavy (non-hydrogen) atoms. The number of aryl methyl sites for hydroxylation is 2. The molecule has 0 N–H and O–H groups in total. The van der Waals surface area contributed by atoms with Crippen molar-refractivity contribution >= 4 is 0 Å². The van der Waals surface area contributed by atoms with Gasteiger partial charge in [0.2, 0.25) is 0 Å². The van der Waals surface area contributed by atoms with Gasteiger partial charge in [-0.25, -0.2) is 4.98 Å². The Labute approximate surface area is 190 Å². The zero-order chi connectivity index (χ0) is 24.6. The maximum atomic E-state index is 8.14. The van der Waals surface area contributed by atoms with E-state index in [1.54, 1.807) is 6.07 Å². The lowest BCUT2D eigenvalue weighted by molar-refractivity contribution is 0.806. The van der Waals surface area contributed by atoms with Crippen LogP contribution in [-0.4, -0.2) is 9.55 Å². The number of rotatable bonds is 5. The van der Waals surface area contributed by atoms with Crippen LogP contribution in [0.2, 0.25) is 0 Å². The van der Waals surface area contributed by atoms with Gasteiger partial charge in [0.1, 0.15) is 5.82 Å². The monoisotopic (exact) mass is 411 g/mol. The van der Waals surface area contributed by atoms with Gasteiger partial charge in [-0.3, -0.25) is 4.57 Å². The first-order valence-electron chi connectivity index (χ1n) is 12.5. The Bertz CT molecular complexity index is 1270. The molecule has 0 amide bonds. The third-order valence-electron chi connectivity index (χ3n) is 5.91. The molecule has 0 fully saturated rings. The van der Waals surface area contributed by atoms with Gasteiger partial charge in [-0.05, 0) is 65.1 Å². The van der Waals surface area contributed by atoms with Crippen molar-refractivity contribution in [2.24, 2.45) is 0 Å². The molecule has 2 nitrogen and oxygen atoms in total. The van der Waals surface area contributed by atoms with Gasteiger partial charge in [-0.2, -0.15) is 0 Å². The van der Waals surface area contributed by atoms with E-state index < -0.39 is 6.85 Å². The van der Waals surface area contributed by atoms with Crippen molar-refractivity contribution < 1.29 is 4.11 Å². The molecule has 4 rings (SSSR count). The predicted molar refractivity (Wildman–Crippen MR) is 132 cm³/mol. The Balaban J connectivity index is 2.00. The minimum absolute atomic E-state index is 0.350. The lowest BCUT2D eigenvalue weighted by Gasteiger charge is -2.22. The third-order valence-corrected chi connectivity index (χ3v) is 5.91. The largest absolute Gasteiger partial charge is 0.299 e. The molecular weight excluding hydrogens is 376 g/mol. The zero-order valence-electron chi connectivity index (χ0n) is 22.0. The van der Waals surface area contributed by atoms with E-state index in [0.29, 0.717) is 17.4 Å². The number of imidazole rings is 1. The second kappa shape index (κ2) is 8.55. The van der Waals surface area contributed by atoms with Crippen LogP contribution in [-0.2, 0) is 0 Å². The fourth-order valence-electron chi connectivity index (χ4n) is 4.28. The summed E-state index contributed by atoms with van der Waals surface area (Å²) in [6.45, 7) is 8.61. The Hall–Kier alpha value is -3.13. The Kier molecular flexibility index (Phi) is 4.84. The molecule has 0 aliphatic carbocycles. The molecule has 3 aromatic carbocycles. The first-order chi connectivity index (χ1) is 16.1. The Morgan fingerprint density at radius 3 is 2.10 bits per heavy atom. The summed E-state index contributed by atoms with van der Waals surface area (Å²) in [5, 5.41) is 0. The van der Waals surface area contributed by atoms with Crippen LogP contribution in [0, 0.1) is 13.8 Å². The van der Waals surface area contributed by atoms with Crippen molar-refractivity contribution in [1.82, 2.24) is 9.55 Å². The zero-order valence-corrected chi connectivity index (χ0v) is 19.0. The number of benzene rings is 3. The maximum Gasteiger partial charge on any atom is 0.144 e. The van der Waals surface area contributed by atoms with Gasteiger partial charge >= 0.3 is 0 Å². The maximum absolute atomic E-state index is 8.14. The van der Waals surface area contributed by atoms with Gasteiger partial charge in [0.15, 0.2) is 0 Å². The van der Waals surface area contributed by atoms with Crippen LogP contribution in [0.25, 0.3) is 28.2 Å². The summed E-state index contributed by atoms with van der Waals surface area (Å²) < 4.78 is 26.6. The molecule has 0 bridgehead atoms. The Morgan fingerprint density at radius 2 is 1.48 bits per heavy atom. The van der Waals surface area contributed by atoms with E-state index in [0.717, 1.165) is 28.1 Å². The van der Waals surface area contributed by atoms with Crippen LogP contribution < -0.4 is 0 Å². The van der Waals surface area contributed by atoms with E-state index in [4.69, 9.17) is 9.10 Å². The Morgan fingerprint density at radius 1 is 0.806 bits per heavy atom. The van der Waals surface area contributed by atoms with Gasteiger partial charge in [0.05, 0.1) is 5.69 Å². The SMILES string of the molecule is [2H]C([2H])([2H])c1cc(C)c(-c2nccn2-c2c(C(C)C)cccc2C(C)C)cc1-c1ccccc1. The summed E-state index contributed by atoms with van der Waals surface area (Å²) in [4.78, 5) is 4.77. The van der Waals surface area contributed by atoms with Gasteiger partial charge in [-0.1, -0.05) is 82.3 Å². The number of nitrogens with zero attached hydrogens (tertiary/aromatic N) is 2. The molecule has 158 valence electrons. The highest BCUT2D eigenvalue weighted by atomic mass is 15.1. The topological polar surface area (TPSA) is 17.8 Å². The molecule has 0 atom stereocenters. The summed E-state index contributed by atoms with van der Waals surface area (Å²) in [7, 11) is 0. The van der Waals surface area contributed by atoms with Crippen LogP contribution >= 0.6 is 0 Å². The highest BCUT2D eigenvalue weighted by molar-refractivity contribution is 5.76. The predicted octanol–water partition coefficient (Wildman–Crippen LogP) is 8.07. The molecule has 0 spiro atoms. The molecule has 0 saturated heterocycles. The van der Waals surface area contributed by atoms with Crippen LogP contribution in [0.1, 0.15) is 65.9 Å². The number of hydrogen-bond acceptors (Lipinski definition) is 1. The van der Waals surface area contributed by atoms with Crippen molar-refractivity contribution in [3.05, 3.63) is 95.3 Å². The van der Waals surface area contributed by atoms with E-state index in [2.05, 4.69) is 50.5 Å². The second-order valence-electron chi connectivity index (χ2n) is 8.79. The molecule has 4 aromatic rings. The second-order valence-corrected chi connectivity index (χ2v) is 8.79. The van der Waals surface area contributed by atoms with Crippen LogP contribution in [0.15, 0.2) is 73.1 Å². The smallest absolute Gasteiger partial charge is 0.144 e. The summed E-state index contributed by atoms with van der Waals surface area (Å²) in [5.74, 6) is 1.52. The lowest BCUT2D eigenvalue weighted by atomic mass is 9.91. The van der Waals surface area contributed by atoms with Crippen LogP contribution in [0.3, 0.4) is 0 Å². The molecule has 0 aliphatic heterocycles. The van der Waals surface area contributed by atoms with Crippen LogP contribution in [0.4, 0.5) is 0 Å². The highest BCUT2D eigenvalue weighted by Crippen LogP contribution is 2.36. The molecule has 0 saturated carbocycles. The average molecular weight is 412 g/mol. The fourth-order valence-corrected chi connectivity index (χ4v) is 4.28. The molecule has 0 aliphatic rings. The van der Waals surface area contributed by atoms with Crippen molar-refractivity contribution in [2.45, 2.75) is 53.3 Å². The standard InChI is InChI=1S/C29H32N2/c1-19(2)24-13-10-14-25(20(3)4)28(24)31-16-15-30-29(31)27-18-26(21(5)17-22(27)6)23-11-8-7-9-12-23/h7-20H,1-6H3/i5D3. The molecule has 1 aromatic heterocycles. The van der Waals surface area contributed by atoms with E-state index in [-0.39, 0.29) is 0 Å².